The standard InChI is InChI=1S/C26H25BrN2O4/c1-26(2,3)33-25(30)22(16-20-14-15-21(27)17-23(20)29(31)32)28-24(18-10-6-4-7-11-18)19-12-8-5-9-13-19/h4-15,17,22H,16H2,1-3H3/t22-/m0/s1. The molecule has 0 saturated heterocycles. The molecule has 0 aliphatic heterocycles. The maximum atomic E-state index is 13.2. The van der Waals surface area contributed by atoms with Crippen LogP contribution in [0.5, 0.6) is 0 Å². The molecule has 33 heavy (non-hydrogen) atoms. The van der Waals surface area contributed by atoms with E-state index in [0.29, 0.717) is 15.7 Å². The van der Waals surface area contributed by atoms with Crippen LogP contribution in [0.1, 0.15) is 37.5 Å². The first-order valence-electron chi connectivity index (χ1n) is 10.5. The Morgan fingerprint density at radius 3 is 2.03 bits per heavy atom. The van der Waals surface area contributed by atoms with Crippen molar-refractivity contribution in [3.05, 3.63) is 110 Å². The van der Waals surface area contributed by atoms with E-state index in [4.69, 9.17) is 9.73 Å². The summed E-state index contributed by atoms with van der Waals surface area (Å²) in [7, 11) is 0. The summed E-state index contributed by atoms with van der Waals surface area (Å²) in [6.45, 7) is 5.34. The lowest BCUT2D eigenvalue weighted by Crippen LogP contribution is -2.33. The Labute approximate surface area is 201 Å². The van der Waals surface area contributed by atoms with E-state index in [1.165, 1.54) is 6.07 Å². The molecule has 3 aromatic rings. The minimum atomic E-state index is -0.973. The van der Waals surface area contributed by atoms with Crippen LogP contribution in [0.3, 0.4) is 0 Å². The van der Waals surface area contributed by atoms with Gasteiger partial charge in [0.2, 0.25) is 0 Å². The molecule has 0 unspecified atom stereocenters. The van der Waals surface area contributed by atoms with Crippen LogP contribution in [0.2, 0.25) is 0 Å². The van der Waals surface area contributed by atoms with Gasteiger partial charge >= 0.3 is 5.97 Å². The number of carbonyl (C=O) groups is 1. The zero-order valence-corrected chi connectivity index (χ0v) is 20.3. The molecule has 0 heterocycles. The summed E-state index contributed by atoms with van der Waals surface area (Å²) in [5, 5.41) is 11.7. The number of carbonyl (C=O) groups excluding carboxylic acids is 1. The molecular formula is C26H25BrN2O4. The van der Waals surface area contributed by atoms with Crippen LogP contribution in [0.25, 0.3) is 0 Å². The van der Waals surface area contributed by atoms with E-state index in [1.54, 1.807) is 32.9 Å². The molecule has 0 saturated carbocycles. The number of nitro benzene ring substituents is 1. The van der Waals surface area contributed by atoms with Crippen molar-refractivity contribution < 1.29 is 14.5 Å². The van der Waals surface area contributed by atoms with Gasteiger partial charge in [0.25, 0.3) is 5.69 Å². The van der Waals surface area contributed by atoms with Crippen molar-refractivity contribution in [1.82, 2.24) is 0 Å². The lowest BCUT2D eigenvalue weighted by molar-refractivity contribution is -0.385. The minimum Gasteiger partial charge on any atom is -0.458 e. The highest BCUT2D eigenvalue weighted by Crippen LogP contribution is 2.26. The zero-order valence-electron chi connectivity index (χ0n) is 18.7. The van der Waals surface area contributed by atoms with Crippen molar-refractivity contribution in [3.8, 4) is 0 Å². The van der Waals surface area contributed by atoms with Gasteiger partial charge in [0, 0.05) is 33.7 Å². The van der Waals surface area contributed by atoms with Crippen LogP contribution >= 0.6 is 15.9 Å². The molecule has 3 rings (SSSR count). The molecule has 0 aliphatic carbocycles. The fourth-order valence-corrected chi connectivity index (χ4v) is 3.65. The lowest BCUT2D eigenvalue weighted by atomic mass is 10.00. The molecule has 6 nitrogen and oxygen atoms in total. The molecule has 0 amide bonds. The molecular weight excluding hydrogens is 484 g/mol. The molecule has 1 atom stereocenters. The summed E-state index contributed by atoms with van der Waals surface area (Å²) in [6.07, 6.45) is 0.0294. The normalized spacial score (nSPS) is 12.0. The quantitative estimate of drug-likeness (QED) is 0.166. The molecule has 170 valence electrons. The largest absolute Gasteiger partial charge is 0.458 e. The van der Waals surface area contributed by atoms with Crippen LogP contribution in [-0.4, -0.2) is 28.2 Å². The van der Waals surface area contributed by atoms with Crippen molar-refractivity contribution >= 4 is 33.3 Å². The van der Waals surface area contributed by atoms with E-state index < -0.39 is 22.5 Å². The van der Waals surface area contributed by atoms with E-state index in [-0.39, 0.29) is 12.1 Å². The number of ether oxygens (including phenoxy) is 1. The van der Waals surface area contributed by atoms with E-state index in [0.717, 1.165) is 11.1 Å². The van der Waals surface area contributed by atoms with Crippen molar-refractivity contribution in [3.63, 3.8) is 0 Å². The number of halogens is 1. The average molecular weight is 509 g/mol. The second-order valence-electron chi connectivity index (χ2n) is 8.49. The highest BCUT2D eigenvalue weighted by Gasteiger charge is 2.28. The molecule has 0 spiro atoms. The Balaban J connectivity index is 2.13. The van der Waals surface area contributed by atoms with Crippen LogP contribution in [0, 0.1) is 10.1 Å². The molecule has 0 bridgehead atoms. The Morgan fingerprint density at radius 1 is 1.00 bits per heavy atom. The third kappa shape index (κ3) is 6.83. The van der Waals surface area contributed by atoms with Gasteiger partial charge in [0.05, 0.1) is 10.6 Å². The number of hydrogen-bond acceptors (Lipinski definition) is 5. The van der Waals surface area contributed by atoms with E-state index >= 15 is 0 Å². The van der Waals surface area contributed by atoms with Gasteiger partial charge in [-0.1, -0.05) is 82.7 Å². The van der Waals surface area contributed by atoms with Crippen molar-refractivity contribution in [1.29, 1.82) is 0 Å². The first-order valence-corrected chi connectivity index (χ1v) is 11.3. The Morgan fingerprint density at radius 2 is 1.55 bits per heavy atom. The third-order valence-corrected chi connectivity index (χ3v) is 5.21. The summed E-state index contributed by atoms with van der Waals surface area (Å²) >= 11 is 3.28. The number of hydrogen-bond donors (Lipinski definition) is 0. The second kappa shape index (κ2) is 10.5. The maximum absolute atomic E-state index is 13.2. The Bertz CT molecular complexity index is 1110. The highest BCUT2D eigenvalue weighted by atomic mass is 79.9. The number of benzene rings is 3. The number of rotatable bonds is 7. The molecule has 3 aromatic carbocycles. The summed E-state index contributed by atoms with van der Waals surface area (Å²) < 4.78 is 6.23. The summed E-state index contributed by atoms with van der Waals surface area (Å²) in [4.78, 5) is 29.2. The fourth-order valence-electron chi connectivity index (χ4n) is 3.30. The van der Waals surface area contributed by atoms with Crippen molar-refractivity contribution in [2.45, 2.75) is 38.8 Å². The smallest absolute Gasteiger partial charge is 0.331 e. The van der Waals surface area contributed by atoms with E-state index in [2.05, 4.69) is 15.9 Å². The number of nitrogens with zero attached hydrogens (tertiary/aromatic N) is 2. The maximum Gasteiger partial charge on any atom is 0.331 e. The first-order chi connectivity index (χ1) is 15.6. The van der Waals surface area contributed by atoms with Gasteiger partial charge in [-0.05, 0) is 26.8 Å². The number of esters is 1. The molecule has 0 N–H and O–H groups in total. The number of aliphatic imine (C=N–C) groups is 1. The SMILES string of the molecule is CC(C)(C)OC(=O)[C@H](Cc1ccc(Br)cc1[N+](=O)[O-])N=C(c1ccccc1)c1ccccc1. The van der Waals surface area contributed by atoms with E-state index in [9.17, 15) is 14.9 Å². The highest BCUT2D eigenvalue weighted by molar-refractivity contribution is 9.10. The van der Waals surface area contributed by atoms with Crippen LogP contribution in [-0.2, 0) is 16.0 Å². The molecule has 0 aliphatic rings. The Hall–Kier alpha value is -3.32. The van der Waals surface area contributed by atoms with Gasteiger partial charge in [0.1, 0.15) is 5.60 Å². The molecule has 0 radical (unpaired) electrons. The van der Waals surface area contributed by atoms with Gasteiger partial charge < -0.3 is 4.74 Å². The zero-order chi connectivity index (χ0) is 24.0. The van der Waals surface area contributed by atoms with Crippen molar-refractivity contribution in [2.24, 2.45) is 4.99 Å². The second-order valence-corrected chi connectivity index (χ2v) is 9.41. The topological polar surface area (TPSA) is 81.8 Å². The predicted octanol–water partition coefficient (Wildman–Crippen LogP) is 6.15. The summed E-state index contributed by atoms with van der Waals surface area (Å²) in [6, 6.07) is 22.9. The molecule has 7 heteroatoms. The van der Waals surface area contributed by atoms with E-state index in [1.807, 2.05) is 60.7 Å². The molecule has 0 fully saturated rings. The summed E-state index contributed by atoms with van der Waals surface area (Å²) in [5.74, 6) is -0.538. The number of nitro groups is 1. The first kappa shape index (κ1) is 24.3. The van der Waals surface area contributed by atoms with Crippen LogP contribution in [0.4, 0.5) is 5.69 Å². The van der Waals surface area contributed by atoms with Gasteiger partial charge in [-0.2, -0.15) is 0 Å². The summed E-state index contributed by atoms with van der Waals surface area (Å²) in [5.41, 5.74) is 1.89. The van der Waals surface area contributed by atoms with Crippen LogP contribution < -0.4 is 0 Å². The van der Waals surface area contributed by atoms with Gasteiger partial charge in [-0.3, -0.25) is 15.1 Å². The monoisotopic (exact) mass is 508 g/mol. The average Bonchev–Trinajstić information content (AvgIpc) is 2.77. The minimum absolute atomic E-state index is 0.0294. The van der Waals surface area contributed by atoms with Gasteiger partial charge in [-0.15, -0.1) is 0 Å². The van der Waals surface area contributed by atoms with Gasteiger partial charge in [0.15, 0.2) is 6.04 Å². The fraction of sp³-hybridized carbons (Fsp3) is 0.231. The molecule has 0 aromatic heterocycles. The van der Waals surface area contributed by atoms with Gasteiger partial charge in [-0.25, -0.2) is 4.79 Å². The Kier molecular flexibility index (Phi) is 7.76. The lowest BCUT2D eigenvalue weighted by Gasteiger charge is -2.23. The van der Waals surface area contributed by atoms with Crippen LogP contribution in [0.15, 0.2) is 88.3 Å². The predicted molar refractivity (Wildman–Crippen MR) is 133 cm³/mol. The van der Waals surface area contributed by atoms with Crippen molar-refractivity contribution in [2.75, 3.05) is 0 Å². The third-order valence-electron chi connectivity index (χ3n) is 4.72.